The number of benzene rings is 2. The number of hydrogen-bond donors (Lipinski definition) is 2. The van der Waals surface area contributed by atoms with Crippen molar-refractivity contribution in [2.45, 2.75) is 43.5 Å². The molecule has 1 aromatic heterocycles. The molecule has 0 aliphatic carbocycles. The number of thioether (sulfide) groups is 2. The highest BCUT2D eigenvalue weighted by Gasteiger charge is 2.31. The standard InChI is InChI=1S/C27H26F6N6O2S3/c1-39-25(35-21(41)15-17-4-8-19(9-5-17)27(31,32)33)44-23(38-39)11-13-42-12-10-22-36-37-24(43-22)34-20(40)14-16-2-6-18(7-3-16)26(28,29)30/h2-9,25H,10-15H2,1H3,(H,35,41)(H,34,37,40). The van der Waals surface area contributed by atoms with E-state index in [9.17, 15) is 35.9 Å². The van der Waals surface area contributed by atoms with Gasteiger partial charge in [-0.15, -0.1) is 10.2 Å². The van der Waals surface area contributed by atoms with Crippen LogP contribution in [0, 0.1) is 0 Å². The molecule has 0 fully saturated rings. The van der Waals surface area contributed by atoms with E-state index in [1.54, 1.807) is 23.8 Å². The third-order valence-corrected chi connectivity index (χ3v) is 9.15. The molecule has 0 radical (unpaired) electrons. The van der Waals surface area contributed by atoms with E-state index >= 15 is 0 Å². The number of anilines is 1. The van der Waals surface area contributed by atoms with Crippen LogP contribution < -0.4 is 10.6 Å². The molecule has 44 heavy (non-hydrogen) atoms. The number of aryl methyl sites for hydroxylation is 1. The second-order valence-corrected chi connectivity index (χ2v) is 12.9. The molecular formula is C27H26F6N6O2S3. The number of aromatic nitrogens is 2. The van der Waals surface area contributed by atoms with Crippen molar-refractivity contribution >= 4 is 56.9 Å². The number of nitrogens with one attached hydrogen (secondary N) is 2. The minimum atomic E-state index is -4.43. The second-order valence-electron chi connectivity index (χ2n) is 9.51. The third kappa shape index (κ3) is 10.1. The van der Waals surface area contributed by atoms with Crippen molar-refractivity contribution in [3.8, 4) is 0 Å². The lowest BCUT2D eigenvalue weighted by Crippen LogP contribution is -2.40. The topological polar surface area (TPSA) is 99.6 Å². The molecule has 0 spiro atoms. The SMILES string of the molecule is CN1N=C(CCSCCc2nnc(NC(=O)Cc3ccc(C(F)(F)F)cc3)s2)SC1NC(=O)Cc1ccc(C(F)(F)F)cc1. The van der Waals surface area contributed by atoms with Crippen LogP contribution in [0.5, 0.6) is 0 Å². The molecule has 1 aliphatic heterocycles. The molecule has 0 bridgehead atoms. The van der Waals surface area contributed by atoms with E-state index in [2.05, 4.69) is 25.9 Å². The summed E-state index contributed by atoms with van der Waals surface area (Å²) in [6, 6.07) is 8.89. The molecule has 0 saturated carbocycles. The summed E-state index contributed by atoms with van der Waals surface area (Å²) in [4.78, 5) is 24.7. The Hall–Kier alpha value is -3.31. The molecule has 2 amide bonds. The van der Waals surface area contributed by atoms with Gasteiger partial charge in [0.25, 0.3) is 0 Å². The zero-order valence-corrected chi connectivity index (χ0v) is 25.5. The smallest absolute Gasteiger partial charge is 0.325 e. The predicted molar refractivity (Wildman–Crippen MR) is 159 cm³/mol. The lowest BCUT2D eigenvalue weighted by atomic mass is 10.1. The van der Waals surface area contributed by atoms with Crippen molar-refractivity contribution in [3.05, 3.63) is 75.8 Å². The Morgan fingerprint density at radius 1 is 0.841 bits per heavy atom. The van der Waals surface area contributed by atoms with Crippen molar-refractivity contribution in [2.75, 3.05) is 23.9 Å². The van der Waals surface area contributed by atoms with Gasteiger partial charge in [-0.3, -0.25) is 14.6 Å². The molecule has 2 heterocycles. The fourth-order valence-corrected chi connectivity index (χ4v) is 6.80. The molecule has 4 rings (SSSR count). The van der Waals surface area contributed by atoms with Crippen molar-refractivity contribution in [3.63, 3.8) is 0 Å². The van der Waals surface area contributed by atoms with E-state index in [0.717, 1.165) is 45.8 Å². The Kier molecular flexibility index (Phi) is 11.2. The highest BCUT2D eigenvalue weighted by atomic mass is 32.2. The molecule has 17 heteroatoms. The number of alkyl halides is 6. The van der Waals surface area contributed by atoms with Crippen LogP contribution in [0.25, 0.3) is 0 Å². The van der Waals surface area contributed by atoms with Gasteiger partial charge in [-0.1, -0.05) is 47.4 Å². The summed E-state index contributed by atoms with van der Waals surface area (Å²) in [7, 11) is 1.73. The summed E-state index contributed by atoms with van der Waals surface area (Å²) in [5.74, 6) is 0.777. The molecule has 0 saturated heterocycles. The Labute approximate surface area is 261 Å². The first-order chi connectivity index (χ1) is 20.8. The number of amides is 2. The van der Waals surface area contributed by atoms with Gasteiger partial charge >= 0.3 is 12.4 Å². The lowest BCUT2D eigenvalue weighted by Gasteiger charge is -2.19. The van der Waals surface area contributed by atoms with Crippen LogP contribution in [0.1, 0.15) is 33.7 Å². The normalized spacial score (nSPS) is 15.3. The van der Waals surface area contributed by atoms with Gasteiger partial charge in [0.15, 0.2) is 5.50 Å². The van der Waals surface area contributed by atoms with Gasteiger partial charge < -0.3 is 10.6 Å². The van der Waals surface area contributed by atoms with Gasteiger partial charge in [-0.25, -0.2) is 0 Å². The first kappa shape index (κ1) is 33.6. The zero-order valence-electron chi connectivity index (χ0n) is 23.0. The van der Waals surface area contributed by atoms with Gasteiger partial charge in [0.05, 0.1) is 29.0 Å². The van der Waals surface area contributed by atoms with E-state index in [-0.39, 0.29) is 18.7 Å². The molecule has 1 unspecified atom stereocenters. The minimum absolute atomic E-state index is 0.0512. The van der Waals surface area contributed by atoms with E-state index in [0.29, 0.717) is 29.1 Å². The fourth-order valence-electron chi connectivity index (χ4n) is 3.86. The molecule has 3 aromatic rings. The number of carbonyl (C=O) groups is 2. The molecule has 1 atom stereocenters. The van der Waals surface area contributed by atoms with Crippen molar-refractivity contribution in [1.29, 1.82) is 0 Å². The van der Waals surface area contributed by atoms with E-state index < -0.39 is 34.9 Å². The number of carbonyl (C=O) groups excluding carboxylic acids is 2. The van der Waals surface area contributed by atoms with Gasteiger partial charge in [-0.2, -0.15) is 43.2 Å². The van der Waals surface area contributed by atoms with Crippen LogP contribution in [0.15, 0.2) is 53.6 Å². The Morgan fingerprint density at radius 3 is 1.95 bits per heavy atom. The van der Waals surface area contributed by atoms with Gasteiger partial charge in [0.2, 0.25) is 16.9 Å². The number of nitrogens with zero attached hydrogens (tertiary/aromatic N) is 4. The average molecular weight is 677 g/mol. The molecule has 2 N–H and O–H groups in total. The quantitative estimate of drug-likeness (QED) is 0.178. The summed E-state index contributed by atoms with van der Waals surface area (Å²) < 4.78 is 76.3. The average Bonchev–Trinajstić information content (AvgIpc) is 3.53. The van der Waals surface area contributed by atoms with Crippen LogP contribution in [0.4, 0.5) is 31.5 Å². The Balaban J connectivity index is 1.11. The van der Waals surface area contributed by atoms with Gasteiger partial charge in [0, 0.05) is 19.9 Å². The maximum atomic E-state index is 12.7. The van der Waals surface area contributed by atoms with Crippen molar-refractivity contribution in [2.24, 2.45) is 5.10 Å². The Morgan fingerprint density at radius 2 is 1.39 bits per heavy atom. The summed E-state index contributed by atoms with van der Waals surface area (Å²) in [6.45, 7) is 0. The van der Waals surface area contributed by atoms with Crippen LogP contribution in [-0.2, 0) is 41.2 Å². The first-order valence-corrected chi connectivity index (χ1v) is 15.9. The van der Waals surface area contributed by atoms with Crippen molar-refractivity contribution < 1.29 is 35.9 Å². The largest absolute Gasteiger partial charge is 0.416 e. The third-order valence-electron chi connectivity index (χ3n) is 6.07. The predicted octanol–water partition coefficient (Wildman–Crippen LogP) is 6.06. The minimum Gasteiger partial charge on any atom is -0.325 e. The zero-order chi connectivity index (χ0) is 31.9. The molecule has 2 aromatic carbocycles. The second kappa shape index (κ2) is 14.6. The van der Waals surface area contributed by atoms with Crippen LogP contribution in [0.3, 0.4) is 0 Å². The van der Waals surface area contributed by atoms with Crippen LogP contribution >= 0.6 is 34.9 Å². The molecule has 8 nitrogen and oxygen atoms in total. The van der Waals surface area contributed by atoms with E-state index in [4.69, 9.17) is 0 Å². The highest BCUT2D eigenvalue weighted by Crippen LogP contribution is 2.30. The lowest BCUT2D eigenvalue weighted by molar-refractivity contribution is -0.138. The Bertz CT molecular complexity index is 1460. The van der Waals surface area contributed by atoms with Gasteiger partial charge in [-0.05, 0) is 46.9 Å². The van der Waals surface area contributed by atoms with Crippen LogP contribution in [0.2, 0.25) is 0 Å². The summed E-state index contributed by atoms with van der Waals surface area (Å²) in [6.07, 6.45) is -7.71. The van der Waals surface area contributed by atoms with Crippen LogP contribution in [-0.4, -0.2) is 56.1 Å². The number of hydrazone groups is 1. The summed E-state index contributed by atoms with van der Waals surface area (Å²) >= 11 is 4.30. The summed E-state index contributed by atoms with van der Waals surface area (Å²) in [5.41, 5.74) is -1.04. The molecule has 236 valence electrons. The monoisotopic (exact) mass is 676 g/mol. The molecule has 1 aliphatic rings. The number of rotatable bonds is 12. The molecular weight excluding hydrogens is 651 g/mol. The fraction of sp³-hybridized carbons (Fsp3) is 0.370. The first-order valence-electron chi connectivity index (χ1n) is 13.0. The highest BCUT2D eigenvalue weighted by molar-refractivity contribution is 8.14. The van der Waals surface area contributed by atoms with Crippen molar-refractivity contribution in [1.82, 2.24) is 20.5 Å². The maximum absolute atomic E-state index is 12.7. The number of hydrogen-bond acceptors (Lipinski definition) is 9. The van der Waals surface area contributed by atoms with E-state index in [1.165, 1.54) is 47.4 Å². The maximum Gasteiger partial charge on any atom is 0.416 e. The summed E-state index contributed by atoms with van der Waals surface area (Å²) in [5, 5.41) is 21.4. The number of halogens is 6. The van der Waals surface area contributed by atoms with Gasteiger partial charge in [0.1, 0.15) is 5.01 Å². The van der Waals surface area contributed by atoms with E-state index in [1.807, 2.05) is 0 Å².